The van der Waals surface area contributed by atoms with Crippen LogP contribution in [0.25, 0.3) is 11.2 Å². The molecular weight excluding hydrogens is 412 g/mol. The Balaban J connectivity index is 1.24. The van der Waals surface area contributed by atoms with Gasteiger partial charge in [0.2, 0.25) is 5.91 Å². The van der Waals surface area contributed by atoms with E-state index in [0.29, 0.717) is 11.6 Å². The number of halogens is 1. The van der Waals surface area contributed by atoms with Crippen molar-refractivity contribution in [2.45, 2.75) is 51.6 Å². The van der Waals surface area contributed by atoms with Crippen molar-refractivity contribution < 1.29 is 4.79 Å². The molecule has 3 aromatic rings. The summed E-state index contributed by atoms with van der Waals surface area (Å²) in [5.41, 5.74) is 2.87. The third-order valence-electron chi connectivity index (χ3n) is 6.39. The smallest absolute Gasteiger partial charge is 0.223 e. The predicted molar refractivity (Wildman–Crippen MR) is 121 cm³/mol. The molecule has 2 aliphatic heterocycles. The average molecular weight is 439 g/mol. The van der Waals surface area contributed by atoms with Gasteiger partial charge in [-0.15, -0.1) is 0 Å². The number of hydrogen-bond acceptors (Lipinski definition) is 5. The van der Waals surface area contributed by atoms with Crippen LogP contribution in [-0.4, -0.2) is 38.5 Å². The first-order valence-corrected chi connectivity index (χ1v) is 11.5. The number of amides is 1. The molecule has 7 nitrogen and oxygen atoms in total. The number of aromatic nitrogens is 4. The summed E-state index contributed by atoms with van der Waals surface area (Å²) in [6, 6.07) is 7.60. The third-order valence-corrected chi connectivity index (χ3v) is 6.63. The molecule has 4 heterocycles. The van der Waals surface area contributed by atoms with Gasteiger partial charge in [-0.25, -0.2) is 15.0 Å². The Labute approximate surface area is 186 Å². The highest BCUT2D eigenvalue weighted by Gasteiger charge is 2.28. The Morgan fingerprint density at radius 1 is 1.13 bits per heavy atom. The van der Waals surface area contributed by atoms with Crippen molar-refractivity contribution >= 4 is 34.5 Å². The molecule has 1 saturated heterocycles. The molecule has 0 radical (unpaired) electrons. The Bertz CT molecular complexity index is 1090. The predicted octanol–water partition coefficient (Wildman–Crippen LogP) is 3.74. The number of rotatable bonds is 4. The van der Waals surface area contributed by atoms with Crippen molar-refractivity contribution in [1.82, 2.24) is 24.8 Å². The van der Waals surface area contributed by atoms with Crippen molar-refractivity contribution in [3.63, 3.8) is 0 Å². The molecule has 2 aromatic heterocycles. The lowest BCUT2D eigenvalue weighted by Crippen LogP contribution is -2.40. The maximum absolute atomic E-state index is 12.7. The summed E-state index contributed by atoms with van der Waals surface area (Å²) in [5, 5.41) is 3.75. The number of fused-ring (bicyclic) bond motifs is 3. The Morgan fingerprint density at radius 2 is 2.00 bits per heavy atom. The van der Waals surface area contributed by atoms with Gasteiger partial charge in [-0.2, -0.15) is 0 Å². The van der Waals surface area contributed by atoms with Crippen molar-refractivity contribution in [1.29, 1.82) is 0 Å². The molecule has 0 unspecified atom stereocenters. The topological polar surface area (TPSA) is 75.9 Å². The molecule has 0 spiro atoms. The van der Waals surface area contributed by atoms with Crippen LogP contribution in [0.4, 0.5) is 5.82 Å². The quantitative estimate of drug-likeness (QED) is 0.671. The van der Waals surface area contributed by atoms with E-state index in [1.807, 2.05) is 24.3 Å². The molecule has 2 aliphatic rings. The van der Waals surface area contributed by atoms with Crippen LogP contribution in [0.3, 0.4) is 0 Å². The first-order chi connectivity index (χ1) is 15.2. The minimum atomic E-state index is 0.0199. The zero-order valence-electron chi connectivity index (χ0n) is 17.6. The molecule has 1 N–H and O–H groups in total. The number of nitrogens with one attached hydrogen (secondary N) is 1. The SMILES string of the molecule is O=C(NCc1cccc(Cl)c1)C1CCN(c2ncnc3c2nc2n3CCCCC2)CC1. The zero-order chi connectivity index (χ0) is 21.2. The molecule has 1 aromatic carbocycles. The highest BCUT2D eigenvalue weighted by molar-refractivity contribution is 6.30. The minimum Gasteiger partial charge on any atom is -0.355 e. The molecule has 162 valence electrons. The molecular formula is C23H27ClN6O. The van der Waals surface area contributed by atoms with E-state index in [1.54, 1.807) is 6.33 Å². The highest BCUT2D eigenvalue weighted by Crippen LogP contribution is 2.29. The first kappa shape index (κ1) is 20.2. The Hall–Kier alpha value is -2.67. The number of anilines is 1. The van der Waals surface area contributed by atoms with E-state index in [4.69, 9.17) is 16.6 Å². The van der Waals surface area contributed by atoms with Gasteiger partial charge >= 0.3 is 0 Å². The van der Waals surface area contributed by atoms with Gasteiger partial charge in [-0.05, 0) is 43.4 Å². The van der Waals surface area contributed by atoms with Crippen LogP contribution in [0.1, 0.15) is 43.5 Å². The second-order valence-electron chi connectivity index (χ2n) is 8.47. The van der Waals surface area contributed by atoms with Gasteiger partial charge in [0.05, 0.1) is 0 Å². The van der Waals surface area contributed by atoms with E-state index in [2.05, 4.69) is 24.8 Å². The maximum atomic E-state index is 12.7. The monoisotopic (exact) mass is 438 g/mol. The number of benzene rings is 1. The fraction of sp³-hybridized carbons (Fsp3) is 0.478. The summed E-state index contributed by atoms with van der Waals surface area (Å²) in [5.74, 6) is 2.17. The molecule has 1 amide bonds. The third kappa shape index (κ3) is 4.24. The average Bonchev–Trinajstić information content (AvgIpc) is 2.98. The van der Waals surface area contributed by atoms with Gasteiger partial charge in [0.1, 0.15) is 12.2 Å². The number of imidazole rings is 1. The Morgan fingerprint density at radius 3 is 2.84 bits per heavy atom. The summed E-state index contributed by atoms with van der Waals surface area (Å²) >= 11 is 6.03. The standard InChI is InChI=1S/C23H27ClN6O/c24-18-6-4-5-16(13-18)14-25-23(31)17-8-11-29(12-9-17)21-20-22(27-15-26-21)30-10-3-1-2-7-19(30)28-20/h4-6,13,15,17H,1-3,7-12,14H2,(H,25,31). The van der Waals surface area contributed by atoms with Crippen molar-refractivity contribution in [2.24, 2.45) is 5.92 Å². The molecule has 0 saturated carbocycles. The van der Waals surface area contributed by atoms with Gasteiger partial charge in [0.15, 0.2) is 17.0 Å². The Kier molecular flexibility index (Phi) is 5.76. The molecule has 0 aliphatic carbocycles. The van der Waals surface area contributed by atoms with E-state index in [1.165, 1.54) is 19.3 Å². The van der Waals surface area contributed by atoms with Crippen molar-refractivity contribution in [2.75, 3.05) is 18.0 Å². The summed E-state index contributed by atoms with van der Waals surface area (Å²) < 4.78 is 2.27. The zero-order valence-corrected chi connectivity index (χ0v) is 18.3. The summed E-state index contributed by atoms with van der Waals surface area (Å²) in [6.45, 7) is 3.08. The molecule has 0 bridgehead atoms. The van der Waals surface area contributed by atoms with Crippen molar-refractivity contribution in [3.8, 4) is 0 Å². The van der Waals surface area contributed by atoms with Crippen LogP contribution in [0, 0.1) is 5.92 Å². The summed E-state index contributed by atoms with van der Waals surface area (Å²) in [6.07, 6.45) is 7.87. The van der Waals surface area contributed by atoms with Crippen LogP contribution in [-0.2, 0) is 24.3 Å². The van der Waals surface area contributed by atoms with E-state index < -0.39 is 0 Å². The van der Waals surface area contributed by atoms with Crippen LogP contribution < -0.4 is 10.2 Å². The molecule has 8 heteroatoms. The fourth-order valence-electron chi connectivity index (χ4n) is 4.69. The van der Waals surface area contributed by atoms with Gasteiger partial charge in [-0.3, -0.25) is 4.79 Å². The lowest BCUT2D eigenvalue weighted by Gasteiger charge is -2.32. The molecule has 1 fully saturated rings. The number of piperidine rings is 1. The minimum absolute atomic E-state index is 0.0199. The molecule has 31 heavy (non-hydrogen) atoms. The van der Waals surface area contributed by atoms with Crippen molar-refractivity contribution in [3.05, 3.63) is 47.0 Å². The van der Waals surface area contributed by atoms with Gasteiger partial charge in [-0.1, -0.05) is 30.2 Å². The molecule has 5 rings (SSSR count). The maximum Gasteiger partial charge on any atom is 0.223 e. The summed E-state index contributed by atoms with van der Waals surface area (Å²) in [7, 11) is 0. The van der Waals surface area contributed by atoms with Gasteiger partial charge in [0, 0.05) is 43.5 Å². The largest absolute Gasteiger partial charge is 0.355 e. The van der Waals surface area contributed by atoms with Crippen LogP contribution in [0.15, 0.2) is 30.6 Å². The number of hydrogen-bond donors (Lipinski definition) is 1. The number of carbonyl (C=O) groups excluding carboxylic acids is 1. The lowest BCUT2D eigenvalue weighted by atomic mass is 9.95. The highest BCUT2D eigenvalue weighted by atomic mass is 35.5. The van der Waals surface area contributed by atoms with E-state index >= 15 is 0 Å². The molecule has 0 atom stereocenters. The van der Waals surface area contributed by atoms with Gasteiger partial charge in [0.25, 0.3) is 0 Å². The van der Waals surface area contributed by atoms with E-state index in [9.17, 15) is 4.79 Å². The second kappa shape index (κ2) is 8.83. The fourth-order valence-corrected chi connectivity index (χ4v) is 4.90. The van der Waals surface area contributed by atoms with Gasteiger partial charge < -0.3 is 14.8 Å². The normalized spacial score (nSPS) is 17.4. The van der Waals surface area contributed by atoms with Crippen LogP contribution in [0.2, 0.25) is 5.02 Å². The number of aryl methyl sites for hydroxylation is 2. The lowest BCUT2D eigenvalue weighted by molar-refractivity contribution is -0.125. The number of carbonyl (C=O) groups is 1. The van der Waals surface area contributed by atoms with Crippen LogP contribution in [0.5, 0.6) is 0 Å². The first-order valence-electron chi connectivity index (χ1n) is 11.2. The number of nitrogens with zero attached hydrogens (tertiary/aromatic N) is 5. The summed E-state index contributed by atoms with van der Waals surface area (Å²) in [4.78, 5) is 29.0. The second-order valence-corrected chi connectivity index (χ2v) is 8.91. The van der Waals surface area contributed by atoms with E-state index in [0.717, 1.165) is 67.3 Å². The van der Waals surface area contributed by atoms with E-state index in [-0.39, 0.29) is 11.8 Å². The van der Waals surface area contributed by atoms with Crippen LogP contribution >= 0.6 is 11.6 Å².